The Bertz CT molecular complexity index is 1910. The van der Waals surface area contributed by atoms with Crippen LogP contribution >= 0.6 is 15.6 Å². The predicted molar refractivity (Wildman–Crippen MR) is 409 cm³/mol. The monoisotopic (exact) mass is 1470 g/mol. The standard InChI is InChI=1S/C81H158O17P2/c1-6-9-12-15-18-21-24-26-28-29-30-31-32-33-34-36-42-47-52-57-62-67-81(86)98-77(71-92-79(84)65-60-55-50-45-40-38-37-39-43-48-53-58-63-74(4)5)73-96-100(89,90)94-69-75(82)68-93-99(87,88)95-72-76(70-91-78(83)64-59-54-49-44-23-20-17-14-11-8-3)97-80(85)66-61-56-51-46-41-35-27-25-22-19-16-13-10-7-2/h74-77,82H,6-73H2,1-5H3,(H,87,88)(H,89,90)/t75-,76+,77+/m0/s1. The van der Waals surface area contributed by atoms with E-state index in [0.717, 1.165) is 95.8 Å². The van der Waals surface area contributed by atoms with Crippen molar-refractivity contribution in [3.05, 3.63) is 0 Å². The van der Waals surface area contributed by atoms with Gasteiger partial charge in [0.05, 0.1) is 26.4 Å². The van der Waals surface area contributed by atoms with Crippen molar-refractivity contribution >= 4 is 39.5 Å². The van der Waals surface area contributed by atoms with E-state index >= 15 is 0 Å². The lowest BCUT2D eigenvalue weighted by Gasteiger charge is -2.21. The highest BCUT2D eigenvalue weighted by Crippen LogP contribution is 2.45. The molecule has 17 nitrogen and oxygen atoms in total. The summed E-state index contributed by atoms with van der Waals surface area (Å²) >= 11 is 0. The van der Waals surface area contributed by atoms with Crippen molar-refractivity contribution in [3.8, 4) is 0 Å². The van der Waals surface area contributed by atoms with Gasteiger partial charge < -0.3 is 33.8 Å². The fourth-order valence-electron chi connectivity index (χ4n) is 12.6. The smallest absolute Gasteiger partial charge is 0.462 e. The highest BCUT2D eigenvalue weighted by Gasteiger charge is 2.30. The zero-order valence-corrected chi connectivity index (χ0v) is 67.1. The number of hydrogen-bond donors (Lipinski definition) is 3. The van der Waals surface area contributed by atoms with E-state index in [-0.39, 0.29) is 25.7 Å². The van der Waals surface area contributed by atoms with Crippen LogP contribution in [0, 0.1) is 5.92 Å². The van der Waals surface area contributed by atoms with Crippen LogP contribution in [-0.4, -0.2) is 96.7 Å². The van der Waals surface area contributed by atoms with Gasteiger partial charge in [0.15, 0.2) is 12.2 Å². The van der Waals surface area contributed by atoms with Crippen LogP contribution in [0.2, 0.25) is 0 Å². The zero-order valence-electron chi connectivity index (χ0n) is 65.3. The third kappa shape index (κ3) is 74.3. The summed E-state index contributed by atoms with van der Waals surface area (Å²) in [7, 11) is -9.92. The Balaban J connectivity index is 5.21. The number of carbonyl (C=O) groups is 4. The van der Waals surface area contributed by atoms with E-state index < -0.39 is 97.5 Å². The number of aliphatic hydroxyl groups excluding tert-OH is 1. The van der Waals surface area contributed by atoms with Gasteiger partial charge in [0.2, 0.25) is 0 Å². The summed E-state index contributed by atoms with van der Waals surface area (Å²) in [6.45, 7) is 7.34. The fourth-order valence-corrected chi connectivity index (χ4v) is 14.2. The van der Waals surface area contributed by atoms with E-state index in [1.165, 1.54) is 257 Å². The van der Waals surface area contributed by atoms with Crippen molar-refractivity contribution in [2.75, 3.05) is 39.6 Å². The molecule has 3 N–H and O–H groups in total. The molecule has 0 aromatic rings. The van der Waals surface area contributed by atoms with Crippen molar-refractivity contribution < 1.29 is 80.2 Å². The molecule has 0 saturated carbocycles. The maximum Gasteiger partial charge on any atom is 0.472 e. The van der Waals surface area contributed by atoms with Gasteiger partial charge in [0, 0.05) is 25.7 Å². The highest BCUT2D eigenvalue weighted by molar-refractivity contribution is 7.47. The van der Waals surface area contributed by atoms with Crippen LogP contribution in [0.3, 0.4) is 0 Å². The van der Waals surface area contributed by atoms with Crippen LogP contribution in [0.1, 0.15) is 433 Å². The molecule has 0 bridgehead atoms. The number of hydrogen-bond acceptors (Lipinski definition) is 15. The van der Waals surface area contributed by atoms with Gasteiger partial charge in [-0.25, -0.2) is 9.13 Å². The van der Waals surface area contributed by atoms with Gasteiger partial charge in [-0.2, -0.15) is 0 Å². The van der Waals surface area contributed by atoms with E-state index in [2.05, 4.69) is 34.6 Å². The Morgan fingerprint density at radius 3 is 0.680 bits per heavy atom. The summed E-state index contributed by atoms with van der Waals surface area (Å²) in [5.41, 5.74) is 0. The molecule has 19 heteroatoms. The quantitative estimate of drug-likeness (QED) is 0.0222. The SMILES string of the molecule is CCCCCCCCCCCCCCCCCCCCCCCC(=O)O[C@H](COC(=O)CCCCCCCCCCCCCCC(C)C)COP(=O)(O)OC[C@@H](O)COP(=O)(O)OC[C@@H](COC(=O)CCCCCCCCCCCC)OC(=O)CCCCCCCCCCCCCCCC. The van der Waals surface area contributed by atoms with Crippen molar-refractivity contribution in [2.24, 2.45) is 5.92 Å². The molecule has 0 aliphatic heterocycles. The molecule has 0 aromatic carbocycles. The summed E-state index contributed by atoms with van der Waals surface area (Å²) in [4.78, 5) is 73.0. The first-order chi connectivity index (χ1) is 48.5. The van der Waals surface area contributed by atoms with Gasteiger partial charge >= 0.3 is 39.5 Å². The van der Waals surface area contributed by atoms with Crippen molar-refractivity contribution in [3.63, 3.8) is 0 Å². The third-order valence-electron chi connectivity index (χ3n) is 19.0. The summed E-state index contributed by atoms with van der Waals surface area (Å²) in [5.74, 6) is -1.32. The largest absolute Gasteiger partial charge is 0.472 e. The molecule has 0 rings (SSSR count). The Labute approximate surface area is 613 Å². The Kier molecular flexibility index (Phi) is 72.5. The van der Waals surface area contributed by atoms with E-state index in [1.807, 2.05) is 0 Å². The lowest BCUT2D eigenvalue weighted by molar-refractivity contribution is -0.161. The van der Waals surface area contributed by atoms with E-state index in [9.17, 15) is 43.2 Å². The first kappa shape index (κ1) is 98.1. The lowest BCUT2D eigenvalue weighted by atomic mass is 10.0. The van der Waals surface area contributed by atoms with Gasteiger partial charge in [-0.3, -0.25) is 37.3 Å². The highest BCUT2D eigenvalue weighted by atomic mass is 31.2. The van der Waals surface area contributed by atoms with Crippen molar-refractivity contribution in [1.29, 1.82) is 0 Å². The van der Waals surface area contributed by atoms with E-state index in [4.69, 9.17) is 37.0 Å². The molecule has 5 atom stereocenters. The van der Waals surface area contributed by atoms with Crippen LogP contribution in [0.5, 0.6) is 0 Å². The second-order valence-electron chi connectivity index (χ2n) is 29.6. The van der Waals surface area contributed by atoms with Crippen LogP contribution < -0.4 is 0 Å². The lowest BCUT2D eigenvalue weighted by Crippen LogP contribution is -2.30. The third-order valence-corrected chi connectivity index (χ3v) is 20.9. The number of phosphoric ester groups is 2. The number of phosphoric acid groups is 2. The number of esters is 4. The molecule has 594 valence electrons. The fraction of sp³-hybridized carbons (Fsp3) is 0.951. The molecule has 0 aliphatic rings. The minimum atomic E-state index is -4.96. The molecule has 0 spiro atoms. The van der Waals surface area contributed by atoms with Gasteiger partial charge in [-0.05, 0) is 31.6 Å². The number of rotatable bonds is 81. The molecule has 0 fully saturated rings. The molecule has 0 radical (unpaired) electrons. The predicted octanol–water partition coefficient (Wildman–Crippen LogP) is 24.4. The zero-order chi connectivity index (χ0) is 73.4. The number of ether oxygens (including phenoxy) is 4. The van der Waals surface area contributed by atoms with Gasteiger partial charge in [-0.1, -0.05) is 381 Å². The maximum atomic E-state index is 13.1. The number of aliphatic hydroxyl groups is 1. The van der Waals surface area contributed by atoms with E-state index in [0.29, 0.717) is 25.7 Å². The molecule has 0 aliphatic carbocycles. The molecule has 0 saturated heterocycles. The summed E-state index contributed by atoms with van der Waals surface area (Å²) in [5, 5.41) is 10.6. The molecular weight excluding hydrogens is 1310 g/mol. The maximum absolute atomic E-state index is 13.1. The van der Waals surface area contributed by atoms with Crippen LogP contribution in [-0.2, 0) is 65.4 Å². The Morgan fingerprint density at radius 2 is 0.460 bits per heavy atom. The normalized spacial score (nSPS) is 13.8. The van der Waals surface area contributed by atoms with Gasteiger partial charge in [0.25, 0.3) is 0 Å². The van der Waals surface area contributed by atoms with Crippen molar-refractivity contribution in [1.82, 2.24) is 0 Å². The topological polar surface area (TPSA) is 237 Å². The summed E-state index contributed by atoms with van der Waals surface area (Å²) < 4.78 is 68.7. The van der Waals surface area contributed by atoms with Crippen LogP contribution in [0.4, 0.5) is 0 Å². The average Bonchev–Trinajstić information content (AvgIpc) is 0.940. The molecular formula is C81H158O17P2. The first-order valence-electron chi connectivity index (χ1n) is 42.1. The van der Waals surface area contributed by atoms with E-state index in [1.54, 1.807) is 0 Å². The molecule has 100 heavy (non-hydrogen) atoms. The number of carbonyl (C=O) groups excluding carboxylic acids is 4. The van der Waals surface area contributed by atoms with Gasteiger partial charge in [0.1, 0.15) is 19.3 Å². The second kappa shape index (κ2) is 73.9. The van der Waals surface area contributed by atoms with Gasteiger partial charge in [-0.15, -0.1) is 0 Å². The molecule has 0 heterocycles. The summed E-state index contributed by atoms with van der Waals surface area (Å²) in [6, 6.07) is 0. The number of unbranched alkanes of at least 4 members (excludes halogenated alkanes) is 53. The Morgan fingerprint density at radius 1 is 0.270 bits per heavy atom. The Hall–Kier alpha value is -1.94. The average molecular weight is 1470 g/mol. The molecule has 0 amide bonds. The van der Waals surface area contributed by atoms with Crippen molar-refractivity contribution in [2.45, 2.75) is 451 Å². The minimum Gasteiger partial charge on any atom is -0.462 e. The molecule has 2 unspecified atom stereocenters. The minimum absolute atomic E-state index is 0.108. The summed E-state index contributed by atoms with van der Waals surface area (Å²) in [6.07, 6.45) is 65.2. The first-order valence-corrected chi connectivity index (χ1v) is 45.1. The second-order valence-corrected chi connectivity index (χ2v) is 32.5. The molecule has 0 aromatic heterocycles. The van der Waals surface area contributed by atoms with Crippen LogP contribution in [0.15, 0.2) is 0 Å². The van der Waals surface area contributed by atoms with Crippen LogP contribution in [0.25, 0.3) is 0 Å².